The lowest BCUT2D eigenvalue weighted by molar-refractivity contribution is 0.618. The molecule has 2 rings (SSSR count). The van der Waals surface area contributed by atoms with E-state index in [1.54, 1.807) is 6.92 Å². The highest BCUT2D eigenvalue weighted by atomic mass is 79.9. The lowest BCUT2D eigenvalue weighted by atomic mass is 9.95. The van der Waals surface area contributed by atoms with Crippen molar-refractivity contribution >= 4 is 27.5 Å². The fraction of sp³-hybridized carbons (Fsp3) is 0.250. The largest absolute Gasteiger partial charge is 0.207 e. The molecule has 19 heavy (non-hydrogen) atoms. The van der Waals surface area contributed by atoms with Gasteiger partial charge in [0.1, 0.15) is 5.82 Å². The molecule has 100 valence electrons. The third kappa shape index (κ3) is 2.85. The molecule has 2 aromatic carbocycles. The summed E-state index contributed by atoms with van der Waals surface area (Å²) in [6, 6.07) is 9.37. The van der Waals surface area contributed by atoms with Crippen molar-refractivity contribution in [2.45, 2.75) is 25.6 Å². The Morgan fingerprint density at radius 3 is 2.21 bits per heavy atom. The van der Waals surface area contributed by atoms with Gasteiger partial charge < -0.3 is 0 Å². The van der Waals surface area contributed by atoms with Gasteiger partial charge in [-0.3, -0.25) is 0 Å². The number of hydrogen-bond donors (Lipinski definition) is 0. The average molecular weight is 342 g/mol. The van der Waals surface area contributed by atoms with E-state index >= 15 is 0 Å². The third-order valence-electron chi connectivity index (χ3n) is 3.35. The van der Waals surface area contributed by atoms with E-state index < -0.39 is 0 Å². The van der Waals surface area contributed by atoms with Crippen LogP contribution in [-0.2, 0) is 0 Å². The molecular formula is C16H15BrClF. The molecule has 0 spiro atoms. The molecule has 0 amide bonds. The van der Waals surface area contributed by atoms with Crippen LogP contribution in [0.1, 0.15) is 32.6 Å². The van der Waals surface area contributed by atoms with Gasteiger partial charge in [-0.1, -0.05) is 51.8 Å². The summed E-state index contributed by atoms with van der Waals surface area (Å²) in [6.45, 7) is 5.89. The molecule has 0 aromatic heterocycles. The monoisotopic (exact) mass is 340 g/mol. The number of hydrogen-bond acceptors (Lipinski definition) is 0. The molecule has 1 atom stereocenters. The lowest BCUT2D eigenvalue weighted by Crippen LogP contribution is -2.01. The number of aryl methyl sites for hydroxylation is 3. The first-order chi connectivity index (χ1) is 8.91. The van der Waals surface area contributed by atoms with Crippen molar-refractivity contribution in [1.82, 2.24) is 0 Å². The topological polar surface area (TPSA) is 0 Å². The molecule has 0 fully saturated rings. The first-order valence-corrected chi connectivity index (χ1v) is 7.37. The fourth-order valence-electron chi connectivity index (χ4n) is 2.26. The summed E-state index contributed by atoms with van der Waals surface area (Å²) < 4.78 is 13.5. The van der Waals surface area contributed by atoms with E-state index in [0.717, 1.165) is 5.56 Å². The molecule has 0 saturated carbocycles. The van der Waals surface area contributed by atoms with Crippen molar-refractivity contribution in [2.24, 2.45) is 0 Å². The van der Waals surface area contributed by atoms with Crippen LogP contribution < -0.4 is 0 Å². The van der Waals surface area contributed by atoms with Gasteiger partial charge in [0.25, 0.3) is 0 Å². The average Bonchev–Trinajstić information content (AvgIpc) is 2.33. The first kappa shape index (κ1) is 14.5. The van der Waals surface area contributed by atoms with Crippen molar-refractivity contribution < 1.29 is 4.39 Å². The second-order valence-electron chi connectivity index (χ2n) is 4.79. The summed E-state index contributed by atoms with van der Waals surface area (Å²) in [4.78, 5) is -0.0273. The van der Waals surface area contributed by atoms with Crippen LogP contribution in [0.2, 0.25) is 5.02 Å². The Labute approximate surface area is 126 Å². The maximum Gasteiger partial charge on any atom is 0.127 e. The van der Waals surface area contributed by atoms with Crippen molar-refractivity contribution in [3.05, 3.63) is 69.0 Å². The maximum atomic E-state index is 13.5. The normalized spacial score (nSPS) is 12.5. The molecule has 0 aliphatic rings. The number of halogens is 3. The third-order valence-corrected chi connectivity index (χ3v) is 4.62. The SMILES string of the molecule is Cc1cc(C(Br)c2c(C)cccc2C)c(Cl)cc1F. The predicted octanol–water partition coefficient (Wildman–Crippen LogP) is 5.89. The number of benzene rings is 2. The molecule has 0 aliphatic heterocycles. The molecule has 2 aromatic rings. The van der Waals surface area contributed by atoms with Crippen molar-refractivity contribution in [3.63, 3.8) is 0 Å². The lowest BCUT2D eigenvalue weighted by Gasteiger charge is -2.18. The van der Waals surface area contributed by atoms with Crippen molar-refractivity contribution in [3.8, 4) is 0 Å². The van der Waals surface area contributed by atoms with Crippen LogP contribution in [-0.4, -0.2) is 0 Å². The van der Waals surface area contributed by atoms with Gasteiger partial charge in [0.2, 0.25) is 0 Å². The van der Waals surface area contributed by atoms with Crippen LogP contribution in [0.4, 0.5) is 4.39 Å². The molecule has 0 heterocycles. The van der Waals surface area contributed by atoms with E-state index in [0.29, 0.717) is 10.6 Å². The van der Waals surface area contributed by atoms with Gasteiger partial charge in [-0.2, -0.15) is 0 Å². The Balaban J connectivity index is 2.56. The zero-order valence-corrected chi connectivity index (χ0v) is 13.4. The van der Waals surface area contributed by atoms with Gasteiger partial charge in [-0.05, 0) is 54.7 Å². The molecular weight excluding hydrogens is 327 g/mol. The van der Waals surface area contributed by atoms with Crippen LogP contribution in [0.25, 0.3) is 0 Å². The molecule has 1 unspecified atom stereocenters. The highest BCUT2D eigenvalue weighted by molar-refractivity contribution is 9.09. The van der Waals surface area contributed by atoms with Crippen LogP contribution in [0, 0.1) is 26.6 Å². The molecule has 3 heteroatoms. The molecule has 0 radical (unpaired) electrons. The minimum absolute atomic E-state index is 0.0273. The van der Waals surface area contributed by atoms with E-state index in [1.807, 2.05) is 12.1 Å². The van der Waals surface area contributed by atoms with Crippen LogP contribution >= 0.6 is 27.5 Å². The molecule has 0 bridgehead atoms. The van der Waals surface area contributed by atoms with Gasteiger partial charge in [0.05, 0.1) is 4.83 Å². The standard InChI is InChI=1S/C16H15BrClF/c1-9-5-4-6-10(2)15(9)16(17)12-7-11(3)14(19)8-13(12)18/h4-8,16H,1-3H3. The minimum Gasteiger partial charge on any atom is -0.207 e. The number of alkyl halides is 1. The van der Waals surface area contributed by atoms with Gasteiger partial charge in [-0.25, -0.2) is 4.39 Å². The van der Waals surface area contributed by atoms with E-state index in [-0.39, 0.29) is 10.6 Å². The summed E-state index contributed by atoms with van der Waals surface area (Å²) in [5, 5.41) is 0.452. The van der Waals surface area contributed by atoms with E-state index in [4.69, 9.17) is 11.6 Å². The first-order valence-electron chi connectivity index (χ1n) is 6.07. The summed E-state index contributed by atoms with van der Waals surface area (Å²) in [6.07, 6.45) is 0. The smallest absolute Gasteiger partial charge is 0.127 e. The Morgan fingerprint density at radius 1 is 1.05 bits per heavy atom. The molecule has 0 saturated heterocycles. The summed E-state index contributed by atoms with van der Waals surface area (Å²) in [5.41, 5.74) is 5.09. The van der Waals surface area contributed by atoms with Crippen molar-refractivity contribution in [1.29, 1.82) is 0 Å². The molecule has 0 N–H and O–H groups in total. The summed E-state index contributed by atoms with van der Waals surface area (Å²) in [5.74, 6) is -0.269. The second-order valence-corrected chi connectivity index (χ2v) is 6.11. The molecule has 0 nitrogen and oxygen atoms in total. The van der Waals surface area contributed by atoms with E-state index in [9.17, 15) is 4.39 Å². The van der Waals surface area contributed by atoms with Gasteiger partial charge in [-0.15, -0.1) is 0 Å². The zero-order chi connectivity index (χ0) is 14.2. The summed E-state index contributed by atoms with van der Waals surface area (Å²) in [7, 11) is 0. The Hall–Kier alpha value is -0.860. The highest BCUT2D eigenvalue weighted by Crippen LogP contribution is 2.39. The predicted molar refractivity (Wildman–Crippen MR) is 82.8 cm³/mol. The minimum atomic E-state index is -0.269. The zero-order valence-electron chi connectivity index (χ0n) is 11.1. The Bertz CT molecular complexity index is 602. The fourth-order valence-corrected chi connectivity index (χ4v) is 3.75. The van der Waals surface area contributed by atoms with Gasteiger partial charge in [0.15, 0.2) is 0 Å². The van der Waals surface area contributed by atoms with Gasteiger partial charge >= 0.3 is 0 Å². The van der Waals surface area contributed by atoms with Crippen LogP contribution in [0.3, 0.4) is 0 Å². The van der Waals surface area contributed by atoms with E-state index in [1.165, 1.54) is 22.8 Å². The van der Waals surface area contributed by atoms with Crippen LogP contribution in [0.5, 0.6) is 0 Å². The maximum absolute atomic E-state index is 13.5. The summed E-state index contributed by atoms with van der Waals surface area (Å²) >= 11 is 9.88. The Morgan fingerprint density at radius 2 is 1.63 bits per heavy atom. The molecule has 0 aliphatic carbocycles. The Kier molecular flexibility index (Phi) is 4.32. The van der Waals surface area contributed by atoms with Crippen molar-refractivity contribution in [2.75, 3.05) is 0 Å². The van der Waals surface area contributed by atoms with Gasteiger partial charge in [0, 0.05) is 5.02 Å². The van der Waals surface area contributed by atoms with Crippen LogP contribution in [0.15, 0.2) is 30.3 Å². The quantitative estimate of drug-likeness (QED) is 0.598. The highest BCUT2D eigenvalue weighted by Gasteiger charge is 2.19. The second kappa shape index (κ2) is 5.64. The van der Waals surface area contributed by atoms with E-state index in [2.05, 4.69) is 41.9 Å². The number of rotatable bonds is 2.